The molecule has 0 radical (unpaired) electrons. The van der Waals surface area contributed by atoms with Crippen LogP contribution in [0.25, 0.3) is 10.8 Å². The van der Waals surface area contributed by atoms with Gasteiger partial charge < -0.3 is 15.0 Å². The molecule has 0 aliphatic rings. The molecule has 7 nitrogen and oxygen atoms in total. The standard InChI is InChI=1S/C11H17N5O2S/c1-4-17-5-7(12)10-13-11(18-15-10)9-8(6(2)3)14-16-19-9/h6-7H,4-5,12H2,1-3H3. The van der Waals surface area contributed by atoms with Crippen molar-refractivity contribution in [2.45, 2.75) is 32.7 Å². The first-order valence-corrected chi connectivity index (χ1v) is 6.90. The molecule has 0 amide bonds. The number of ether oxygens (including phenoxy) is 1. The Bertz CT molecular complexity index is 525. The number of hydrogen-bond acceptors (Lipinski definition) is 8. The smallest absolute Gasteiger partial charge is 0.271 e. The molecule has 2 N–H and O–H groups in total. The molecule has 1 unspecified atom stereocenters. The molecule has 19 heavy (non-hydrogen) atoms. The van der Waals surface area contributed by atoms with Crippen LogP contribution in [-0.4, -0.2) is 32.9 Å². The minimum atomic E-state index is -0.388. The van der Waals surface area contributed by atoms with Crippen molar-refractivity contribution >= 4 is 11.5 Å². The highest BCUT2D eigenvalue weighted by atomic mass is 32.1. The molecule has 104 valence electrons. The normalized spacial score (nSPS) is 13.1. The van der Waals surface area contributed by atoms with Crippen molar-refractivity contribution in [2.24, 2.45) is 5.73 Å². The molecule has 2 rings (SSSR count). The fourth-order valence-corrected chi connectivity index (χ4v) is 2.26. The molecule has 2 aromatic rings. The van der Waals surface area contributed by atoms with E-state index in [1.54, 1.807) is 0 Å². The lowest BCUT2D eigenvalue weighted by Crippen LogP contribution is -2.18. The van der Waals surface area contributed by atoms with E-state index in [4.69, 9.17) is 15.0 Å². The van der Waals surface area contributed by atoms with Crippen LogP contribution in [0, 0.1) is 0 Å². The van der Waals surface area contributed by atoms with E-state index >= 15 is 0 Å². The minimum absolute atomic E-state index is 0.251. The van der Waals surface area contributed by atoms with Crippen LogP contribution >= 0.6 is 11.5 Å². The molecular formula is C11H17N5O2S. The van der Waals surface area contributed by atoms with Gasteiger partial charge in [0.15, 0.2) is 5.82 Å². The van der Waals surface area contributed by atoms with E-state index in [1.807, 2.05) is 20.8 Å². The topological polar surface area (TPSA) is 100.0 Å². The second-order valence-corrected chi connectivity index (χ2v) is 5.12. The van der Waals surface area contributed by atoms with E-state index in [0.717, 1.165) is 10.6 Å². The maximum Gasteiger partial charge on any atom is 0.271 e. The predicted molar refractivity (Wildman–Crippen MR) is 70.7 cm³/mol. The summed E-state index contributed by atoms with van der Waals surface area (Å²) in [5.41, 5.74) is 6.77. The van der Waals surface area contributed by atoms with Crippen molar-refractivity contribution in [1.82, 2.24) is 19.7 Å². The largest absolute Gasteiger partial charge is 0.380 e. The molecule has 1 atom stereocenters. The molecule has 0 spiro atoms. The summed E-state index contributed by atoms with van der Waals surface area (Å²) in [6.07, 6.45) is 0. The fourth-order valence-electron chi connectivity index (χ4n) is 1.52. The summed E-state index contributed by atoms with van der Waals surface area (Å²) in [6, 6.07) is -0.388. The Morgan fingerprint density at radius 1 is 1.42 bits per heavy atom. The monoisotopic (exact) mass is 283 g/mol. The Balaban J connectivity index is 2.18. The second kappa shape index (κ2) is 6.18. The van der Waals surface area contributed by atoms with E-state index in [9.17, 15) is 0 Å². The first kappa shape index (κ1) is 14.0. The zero-order valence-corrected chi connectivity index (χ0v) is 12.0. The summed E-state index contributed by atoms with van der Waals surface area (Å²) in [6.45, 7) is 6.96. The van der Waals surface area contributed by atoms with Gasteiger partial charge in [0.1, 0.15) is 4.88 Å². The van der Waals surface area contributed by atoms with Crippen LogP contribution in [0.2, 0.25) is 0 Å². The molecule has 0 aliphatic carbocycles. The molecule has 2 aromatic heterocycles. The first-order valence-electron chi connectivity index (χ1n) is 6.13. The van der Waals surface area contributed by atoms with Gasteiger partial charge in [-0.1, -0.05) is 23.5 Å². The lowest BCUT2D eigenvalue weighted by atomic mass is 10.1. The minimum Gasteiger partial charge on any atom is -0.380 e. The number of nitrogens with two attached hydrogens (primary N) is 1. The summed E-state index contributed by atoms with van der Waals surface area (Å²) >= 11 is 1.24. The van der Waals surface area contributed by atoms with Crippen LogP contribution in [0.1, 0.15) is 44.2 Å². The third kappa shape index (κ3) is 3.14. The van der Waals surface area contributed by atoms with Gasteiger partial charge in [-0.3, -0.25) is 0 Å². The van der Waals surface area contributed by atoms with Gasteiger partial charge >= 0.3 is 0 Å². The summed E-state index contributed by atoms with van der Waals surface area (Å²) in [5.74, 6) is 1.11. The van der Waals surface area contributed by atoms with Gasteiger partial charge in [-0.15, -0.1) is 5.10 Å². The highest BCUT2D eigenvalue weighted by Gasteiger charge is 2.21. The third-order valence-corrected chi connectivity index (χ3v) is 3.26. The van der Waals surface area contributed by atoms with Crippen LogP contribution in [0.15, 0.2) is 4.52 Å². The molecule has 0 aromatic carbocycles. The van der Waals surface area contributed by atoms with Gasteiger partial charge in [-0.2, -0.15) is 4.98 Å². The van der Waals surface area contributed by atoms with Crippen molar-refractivity contribution in [3.05, 3.63) is 11.5 Å². The Morgan fingerprint density at radius 3 is 2.89 bits per heavy atom. The van der Waals surface area contributed by atoms with Gasteiger partial charge in [-0.25, -0.2) is 0 Å². The molecule has 0 saturated carbocycles. The van der Waals surface area contributed by atoms with E-state index in [-0.39, 0.29) is 12.0 Å². The maximum absolute atomic E-state index is 5.91. The number of nitrogens with zero attached hydrogens (tertiary/aromatic N) is 4. The zero-order valence-electron chi connectivity index (χ0n) is 11.2. The second-order valence-electron chi connectivity index (χ2n) is 4.37. The Kier molecular flexibility index (Phi) is 4.56. The van der Waals surface area contributed by atoms with E-state index < -0.39 is 0 Å². The van der Waals surface area contributed by atoms with Crippen molar-refractivity contribution in [3.8, 4) is 10.8 Å². The maximum atomic E-state index is 5.91. The van der Waals surface area contributed by atoms with Crippen LogP contribution in [-0.2, 0) is 4.74 Å². The molecule has 0 fully saturated rings. The van der Waals surface area contributed by atoms with Crippen LogP contribution in [0.3, 0.4) is 0 Å². The average molecular weight is 283 g/mol. The quantitative estimate of drug-likeness (QED) is 0.861. The number of aromatic nitrogens is 4. The first-order chi connectivity index (χ1) is 9.13. The van der Waals surface area contributed by atoms with Crippen molar-refractivity contribution in [1.29, 1.82) is 0 Å². The number of rotatable bonds is 6. The average Bonchev–Trinajstić information content (AvgIpc) is 3.02. The third-order valence-electron chi connectivity index (χ3n) is 2.53. The molecule has 0 aliphatic heterocycles. The van der Waals surface area contributed by atoms with Crippen LogP contribution in [0.5, 0.6) is 0 Å². The summed E-state index contributed by atoms with van der Waals surface area (Å²) in [4.78, 5) is 5.10. The van der Waals surface area contributed by atoms with Crippen LogP contribution in [0.4, 0.5) is 0 Å². The van der Waals surface area contributed by atoms with E-state index in [2.05, 4.69) is 19.7 Å². The summed E-state index contributed by atoms with van der Waals surface area (Å²) in [7, 11) is 0. The molecule has 8 heteroatoms. The fraction of sp³-hybridized carbons (Fsp3) is 0.636. The highest BCUT2D eigenvalue weighted by molar-refractivity contribution is 7.09. The Hall–Kier alpha value is -1.38. The van der Waals surface area contributed by atoms with Crippen molar-refractivity contribution in [3.63, 3.8) is 0 Å². The Labute approximate surface area is 115 Å². The van der Waals surface area contributed by atoms with E-state index in [0.29, 0.717) is 24.9 Å². The van der Waals surface area contributed by atoms with Gasteiger partial charge in [0.05, 0.1) is 18.3 Å². The summed E-state index contributed by atoms with van der Waals surface area (Å²) in [5, 5.41) is 7.97. The van der Waals surface area contributed by atoms with Crippen molar-refractivity contribution < 1.29 is 9.26 Å². The molecule has 0 saturated heterocycles. The predicted octanol–water partition coefficient (Wildman–Crippen LogP) is 1.75. The lowest BCUT2D eigenvalue weighted by molar-refractivity contribution is 0.130. The number of hydrogen-bond donors (Lipinski definition) is 1. The van der Waals surface area contributed by atoms with Crippen LogP contribution < -0.4 is 5.73 Å². The van der Waals surface area contributed by atoms with Gasteiger partial charge in [-0.05, 0) is 24.4 Å². The van der Waals surface area contributed by atoms with E-state index in [1.165, 1.54) is 11.5 Å². The molecule has 2 heterocycles. The van der Waals surface area contributed by atoms with Crippen molar-refractivity contribution in [2.75, 3.05) is 13.2 Å². The van der Waals surface area contributed by atoms with Gasteiger partial charge in [0.25, 0.3) is 5.89 Å². The Morgan fingerprint density at radius 2 is 2.21 bits per heavy atom. The van der Waals surface area contributed by atoms with Gasteiger partial charge in [0.2, 0.25) is 0 Å². The molecular weight excluding hydrogens is 266 g/mol. The van der Waals surface area contributed by atoms with Gasteiger partial charge in [0, 0.05) is 6.61 Å². The summed E-state index contributed by atoms with van der Waals surface area (Å²) < 4.78 is 14.4. The highest BCUT2D eigenvalue weighted by Crippen LogP contribution is 2.29. The lowest BCUT2D eigenvalue weighted by Gasteiger charge is -2.05. The SMILES string of the molecule is CCOCC(N)c1noc(-c2snnc2C(C)C)n1. The molecule has 0 bridgehead atoms. The zero-order chi connectivity index (χ0) is 13.8.